The Balaban J connectivity index is 2.92. The lowest BCUT2D eigenvalue weighted by molar-refractivity contribution is 0.299. The summed E-state index contributed by atoms with van der Waals surface area (Å²) in [5.41, 5.74) is 0. The van der Waals surface area contributed by atoms with Crippen molar-refractivity contribution in [2.45, 2.75) is 6.42 Å². The average Bonchev–Trinajstić information content (AvgIpc) is 2.37. The Hall–Kier alpha value is -1.29. The highest BCUT2D eigenvalue weighted by molar-refractivity contribution is 6.17. The Morgan fingerprint density at radius 1 is 1.00 bits per heavy atom. The fourth-order valence-corrected chi connectivity index (χ4v) is 1.49. The standard InChI is InChI=1S/C12H17ClO4/c1-14-10-7-9(17-6-4-5-13)8-11(15-2)12(10)16-3/h7-8H,4-6H2,1-3H3. The largest absolute Gasteiger partial charge is 0.493 e. The molecule has 17 heavy (non-hydrogen) atoms. The summed E-state index contributed by atoms with van der Waals surface area (Å²) in [6, 6.07) is 3.52. The molecule has 0 bridgehead atoms. The van der Waals surface area contributed by atoms with Crippen LogP contribution in [-0.2, 0) is 0 Å². The van der Waals surface area contributed by atoms with Crippen molar-refractivity contribution in [3.05, 3.63) is 12.1 Å². The van der Waals surface area contributed by atoms with Crippen molar-refractivity contribution in [2.24, 2.45) is 0 Å². The molecule has 0 heterocycles. The van der Waals surface area contributed by atoms with E-state index in [1.807, 2.05) is 0 Å². The van der Waals surface area contributed by atoms with Crippen molar-refractivity contribution < 1.29 is 18.9 Å². The average molecular weight is 261 g/mol. The predicted molar refractivity (Wildman–Crippen MR) is 66.9 cm³/mol. The molecule has 4 nitrogen and oxygen atoms in total. The molecule has 1 rings (SSSR count). The first-order valence-electron chi connectivity index (χ1n) is 5.25. The molecule has 0 N–H and O–H groups in total. The highest BCUT2D eigenvalue weighted by Gasteiger charge is 2.13. The molecular weight excluding hydrogens is 244 g/mol. The predicted octanol–water partition coefficient (Wildman–Crippen LogP) is 2.72. The summed E-state index contributed by atoms with van der Waals surface area (Å²) in [6.45, 7) is 0.558. The SMILES string of the molecule is COc1cc(OCCCCl)cc(OC)c1OC. The fourth-order valence-electron chi connectivity index (χ4n) is 1.38. The number of benzene rings is 1. The van der Waals surface area contributed by atoms with Gasteiger partial charge in [0.2, 0.25) is 5.75 Å². The van der Waals surface area contributed by atoms with Gasteiger partial charge in [-0.25, -0.2) is 0 Å². The second kappa shape index (κ2) is 7.12. The Morgan fingerprint density at radius 2 is 1.59 bits per heavy atom. The summed E-state index contributed by atoms with van der Waals surface area (Å²) in [6.07, 6.45) is 0.790. The van der Waals surface area contributed by atoms with Crippen LogP contribution in [0, 0.1) is 0 Å². The van der Waals surface area contributed by atoms with Gasteiger partial charge < -0.3 is 18.9 Å². The molecule has 0 amide bonds. The van der Waals surface area contributed by atoms with Crippen molar-refractivity contribution in [3.63, 3.8) is 0 Å². The summed E-state index contributed by atoms with van der Waals surface area (Å²) >= 11 is 5.58. The molecule has 0 aliphatic heterocycles. The van der Waals surface area contributed by atoms with Crippen LogP contribution in [-0.4, -0.2) is 33.8 Å². The normalized spacial score (nSPS) is 9.88. The van der Waals surface area contributed by atoms with Crippen LogP contribution in [0.25, 0.3) is 0 Å². The first kappa shape index (κ1) is 13.8. The zero-order chi connectivity index (χ0) is 12.7. The fraction of sp³-hybridized carbons (Fsp3) is 0.500. The minimum absolute atomic E-state index is 0.555. The van der Waals surface area contributed by atoms with E-state index in [2.05, 4.69) is 0 Å². The lowest BCUT2D eigenvalue weighted by atomic mass is 10.2. The third kappa shape index (κ3) is 3.60. The summed E-state index contributed by atoms with van der Waals surface area (Å²) in [7, 11) is 4.70. The number of hydrogen-bond acceptors (Lipinski definition) is 4. The topological polar surface area (TPSA) is 36.9 Å². The van der Waals surface area contributed by atoms with E-state index in [4.69, 9.17) is 30.5 Å². The van der Waals surface area contributed by atoms with Gasteiger partial charge >= 0.3 is 0 Å². The van der Waals surface area contributed by atoms with Crippen molar-refractivity contribution >= 4 is 11.6 Å². The van der Waals surface area contributed by atoms with E-state index in [0.717, 1.165) is 6.42 Å². The molecule has 0 radical (unpaired) electrons. The lowest BCUT2D eigenvalue weighted by Gasteiger charge is -2.14. The number of rotatable bonds is 7. The summed E-state index contributed by atoms with van der Waals surface area (Å²) in [5.74, 6) is 2.95. The second-order valence-corrected chi connectivity index (χ2v) is 3.63. The quantitative estimate of drug-likeness (QED) is 0.558. The molecular formula is C12H17ClO4. The number of ether oxygens (including phenoxy) is 4. The van der Waals surface area contributed by atoms with Gasteiger partial charge in [-0.3, -0.25) is 0 Å². The van der Waals surface area contributed by atoms with Crippen molar-refractivity contribution in [1.82, 2.24) is 0 Å². The van der Waals surface area contributed by atoms with Gasteiger partial charge in [0, 0.05) is 18.0 Å². The van der Waals surface area contributed by atoms with Crippen LogP contribution in [0.1, 0.15) is 6.42 Å². The molecule has 1 aromatic carbocycles. The third-order valence-corrected chi connectivity index (χ3v) is 2.45. The van der Waals surface area contributed by atoms with Gasteiger partial charge in [-0.2, -0.15) is 0 Å². The van der Waals surface area contributed by atoms with E-state index in [9.17, 15) is 0 Å². The van der Waals surface area contributed by atoms with Crippen LogP contribution < -0.4 is 18.9 Å². The number of hydrogen-bond donors (Lipinski definition) is 0. The Bertz CT molecular complexity index is 329. The molecule has 0 spiro atoms. The van der Waals surface area contributed by atoms with Gasteiger partial charge in [0.1, 0.15) is 5.75 Å². The molecule has 0 fully saturated rings. The highest BCUT2D eigenvalue weighted by atomic mass is 35.5. The Morgan fingerprint density at radius 3 is 2.00 bits per heavy atom. The van der Waals surface area contributed by atoms with E-state index >= 15 is 0 Å². The molecule has 0 saturated carbocycles. The number of methoxy groups -OCH3 is 3. The highest BCUT2D eigenvalue weighted by Crippen LogP contribution is 2.40. The minimum atomic E-state index is 0.555. The van der Waals surface area contributed by atoms with Crippen LogP contribution in [0.4, 0.5) is 0 Å². The van der Waals surface area contributed by atoms with Crippen molar-refractivity contribution in [2.75, 3.05) is 33.8 Å². The maximum absolute atomic E-state index is 5.58. The van der Waals surface area contributed by atoms with Gasteiger partial charge in [-0.05, 0) is 6.42 Å². The minimum Gasteiger partial charge on any atom is -0.493 e. The molecule has 1 aromatic rings. The van der Waals surface area contributed by atoms with E-state index in [-0.39, 0.29) is 0 Å². The van der Waals surface area contributed by atoms with Crippen LogP contribution in [0.2, 0.25) is 0 Å². The first-order chi connectivity index (χ1) is 8.26. The van der Waals surface area contributed by atoms with E-state index in [1.54, 1.807) is 33.5 Å². The van der Waals surface area contributed by atoms with Gasteiger partial charge in [-0.15, -0.1) is 11.6 Å². The molecule has 0 unspecified atom stereocenters. The van der Waals surface area contributed by atoms with Crippen LogP contribution in [0.3, 0.4) is 0 Å². The molecule has 0 aliphatic carbocycles. The maximum Gasteiger partial charge on any atom is 0.203 e. The van der Waals surface area contributed by atoms with E-state index in [1.165, 1.54) is 0 Å². The molecule has 0 atom stereocenters. The molecule has 5 heteroatoms. The van der Waals surface area contributed by atoms with Gasteiger partial charge in [0.05, 0.1) is 27.9 Å². The smallest absolute Gasteiger partial charge is 0.203 e. The Kier molecular flexibility index (Phi) is 5.77. The summed E-state index contributed by atoms with van der Waals surface area (Å²) in [5, 5.41) is 0. The van der Waals surface area contributed by atoms with E-state index in [0.29, 0.717) is 35.5 Å². The molecule has 0 aliphatic rings. The second-order valence-electron chi connectivity index (χ2n) is 3.25. The molecule has 0 aromatic heterocycles. The summed E-state index contributed by atoms with van der Waals surface area (Å²) in [4.78, 5) is 0. The van der Waals surface area contributed by atoms with Crippen molar-refractivity contribution in [1.29, 1.82) is 0 Å². The zero-order valence-corrected chi connectivity index (χ0v) is 11.0. The van der Waals surface area contributed by atoms with E-state index < -0.39 is 0 Å². The van der Waals surface area contributed by atoms with Crippen molar-refractivity contribution in [3.8, 4) is 23.0 Å². The number of halogens is 1. The molecule has 96 valence electrons. The Labute approximate surface area is 106 Å². The molecule has 0 saturated heterocycles. The maximum atomic E-state index is 5.58. The number of alkyl halides is 1. The van der Waals surface area contributed by atoms with Crippen LogP contribution in [0.5, 0.6) is 23.0 Å². The van der Waals surface area contributed by atoms with Gasteiger partial charge in [-0.1, -0.05) is 0 Å². The van der Waals surface area contributed by atoms with Gasteiger partial charge in [0.15, 0.2) is 11.5 Å². The zero-order valence-electron chi connectivity index (χ0n) is 10.3. The third-order valence-electron chi connectivity index (χ3n) is 2.18. The first-order valence-corrected chi connectivity index (χ1v) is 5.79. The lowest BCUT2D eigenvalue weighted by Crippen LogP contribution is -2.00. The van der Waals surface area contributed by atoms with Crippen LogP contribution in [0.15, 0.2) is 12.1 Å². The monoisotopic (exact) mass is 260 g/mol. The summed E-state index contributed by atoms with van der Waals surface area (Å²) < 4.78 is 21.2. The van der Waals surface area contributed by atoms with Crippen LogP contribution >= 0.6 is 11.6 Å². The van der Waals surface area contributed by atoms with Gasteiger partial charge in [0.25, 0.3) is 0 Å².